The molecule has 2 heterocycles. The number of halogens is 1. The lowest BCUT2D eigenvalue weighted by Crippen LogP contribution is -2.04. The molecule has 0 fully saturated rings. The highest BCUT2D eigenvalue weighted by Gasteiger charge is 2.02. The lowest BCUT2D eigenvalue weighted by molar-refractivity contribution is 0.782. The Morgan fingerprint density at radius 2 is 2.15 bits per heavy atom. The maximum absolute atomic E-state index is 5.66. The van der Waals surface area contributed by atoms with Crippen molar-refractivity contribution < 1.29 is 0 Å². The van der Waals surface area contributed by atoms with Crippen LogP contribution in [0.15, 0.2) is 18.5 Å². The molecule has 0 aromatic carbocycles. The average molecular weight is 196 g/mol. The molecule has 0 radical (unpaired) electrons. The Balaban J connectivity index is 2.53. The highest BCUT2D eigenvalue weighted by molar-refractivity contribution is 6.28. The molecule has 0 aliphatic carbocycles. The van der Waals surface area contributed by atoms with Crippen LogP contribution in [0.4, 0.5) is 0 Å². The SMILES string of the molecule is Cc1nc(Cl)nc(-n2cccn2)n1. The molecule has 0 saturated carbocycles. The summed E-state index contributed by atoms with van der Waals surface area (Å²) in [7, 11) is 0. The molecule has 0 aliphatic rings. The maximum atomic E-state index is 5.66. The van der Waals surface area contributed by atoms with Crippen LogP contribution in [0.2, 0.25) is 5.28 Å². The van der Waals surface area contributed by atoms with Gasteiger partial charge in [0.05, 0.1) is 0 Å². The number of nitrogens with zero attached hydrogens (tertiary/aromatic N) is 5. The molecule has 0 saturated heterocycles. The Labute approximate surface area is 79.4 Å². The number of aromatic nitrogens is 5. The van der Waals surface area contributed by atoms with E-state index >= 15 is 0 Å². The maximum Gasteiger partial charge on any atom is 0.255 e. The highest BCUT2D eigenvalue weighted by atomic mass is 35.5. The summed E-state index contributed by atoms with van der Waals surface area (Å²) in [5, 5.41) is 4.15. The molecule has 0 N–H and O–H groups in total. The molecule has 0 spiro atoms. The van der Waals surface area contributed by atoms with Crippen molar-refractivity contribution in [2.75, 3.05) is 0 Å². The van der Waals surface area contributed by atoms with Gasteiger partial charge in [-0.2, -0.15) is 15.1 Å². The van der Waals surface area contributed by atoms with Gasteiger partial charge in [0.25, 0.3) is 5.95 Å². The van der Waals surface area contributed by atoms with E-state index in [1.165, 1.54) is 4.68 Å². The van der Waals surface area contributed by atoms with Gasteiger partial charge in [0.15, 0.2) is 0 Å². The fourth-order valence-corrected chi connectivity index (χ4v) is 1.12. The van der Waals surface area contributed by atoms with E-state index in [1.807, 2.05) is 0 Å². The second-order valence-electron chi connectivity index (χ2n) is 2.40. The molecule has 2 aromatic heterocycles. The Morgan fingerprint density at radius 3 is 2.77 bits per heavy atom. The molecule has 6 heteroatoms. The molecule has 0 amide bonds. The van der Waals surface area contributed by atoms with Crippen LogP contribution < -0.4 is 0 Å². The van der Waals surface area contributed by atoms with Gasteiger partial charge in [0, 0.05) is 12.4 Å². The quantitative estimate of drug-likeness (QED) is 0.682. The van der Waals surface area contributed by atoms with Crippen LogP contribution in [0.3, 0.4) is 0 Å². The van der Waals surface area contributed by atoms with Gasteiger partial charge < -0.3 is 0 Å². The predicted molar refractivity (Wildman–Crippen MR) is 46.7 cm³/mol. The summed E-state index contributed by atoms with van der Waals surface area (Å²) in [6.07, 6.45) is 3.39. The monoisotopic (exact) mass is 195 g/mol. The first-order valence-corrected chi connectivity index (χ1v) is 4.02. The third-order valence-electron chi connectivity index (χ3n) is 1.42. The third kappa shape index (κ3) is 1.65. The van der Waals surface area contributed by atoms with E-state index < -0.39 is 0 Å². The lowest BCUT2D eigenvalue weighted by atomic mass is 10.7. The zero-order valence-corrected chi connectivity index (χ0v) is 7.60. The second kappa shape index (κ2) is 3.10. The van der Waals surface area contributed by atoms with E-state index in [9.17, 15) is 0 Å². The van der Waals surface area contributed by atoms with E-state index in [0.29, 0.717) is 11.8 Å². The van der Waals surface area contributed by atoms with Crippen LogP contribution in [-0.4, -0.2) is 24.7 Å². The summed E-state index contributed by atoms with van der Waals surface area (Å²) in [6, 6.07) is 1.78. The summed E-state index contributed by atoms with van der Waals surface area (Å²) in [4.78, 5) is 11.8. The van der Waals surface area contributed by atoms with Gasteiger partial charge in [-0.15, -0.1) is 0 Å². The minimum Gasteiger partial charge on any atom is -0.206 e. The molecule has 2 rings (SSSR count). The predicted octanol–water partition coefficient (Wildman–Crippen LogP) is 1.02. The first-order chi connectivity index (χ1) is 6.25. The van der Waals surface area contributed by atoms with Crippen LogP contribution >= 0.6 is 11.6 Å². The molecule has 0 unspecified atom stereocenters. The Hall–Kier alpha value is -1.49. The minimum atomic E-state index is 0.179. The third-order valence-corrected chi connectivity index (χ3v) is 1.59. The Bertz CT molecular complexity index is 391. The van der Waals surface area contributed by atoms with Crippen molar-refractivity contribution in [1.82, 2.24) is 24.7 Å². The largest absolute Gasteiger partial charge is 0.255 e. The number of rotatable bonds is 1. The molecular formula is C7H6ClN5. The van der Waals surface area contributed by atoms with Crippen molar-refractivity contribution >= 4 is 11.6 Å². The standard InChI is InChI=1S/C7H6ClN5/c1-5-10-6(8)12-7(11-5)13-4-2-3-9-13/h2-4H,1H3. The fourth-order valence-electron chi connectivity index (χ4n) is 0.925. The van der Waals surface area contributed by atoms with Gasteiger partial charge in [-0.3, -0.25) is 0 Å². The van der Waals surface area contributed by atoms with Gasteiger partial charge in [-0.05, 0) is 24.6 Å². The Morgan fingerprint density at radius 1 is 1.31 bits per heavy atom. The Kier molecular flexibility index (Phi) is 1.94. The smallest absolute Gasteiger partial charge is 0.206 e. The number of hydrogen-bond acceptors (Lipinski definition) is 4. The highest BCUT2D eigenvalue weighted by Crippen LogP contribution is 2.04. The molecule has 5 nitrogen and oxygen atoms in total. The first kappa shape index (κ1) is 8.12. The molecule has 0 atom stereocenters. The summed E-state index contributed by atoms with van der Waals surface area (Å²) in [5.41, 5.74) is 0. The van der Waals surface area contributed by atoms with Gasteiger partial charge in [-0.1, -0.05) is 0 Å². The molecule has 2 aromatic rings. The van der Waals surface area contributed by atoms with E-state index in [1.54, 1.807) is 25.4 Å². The summed E-state index contributed by atoms with van der Waals surface area (Å²) >= 11 is 5.66. The lowest BCUT2D eigenvalue weighted by Gasteiger charge is -1.99. The van der Waals surface area contributed by atoms with Gasteiger partial charge in [0.1, 0.15) is 5.82 Å². The molecule has 13 heavy (non-hydrogen) atoms. The molecule has 0 aliphatic heterocycles. The van der Waals surface area contributed by atoms with Crippen molar-refractivity contribution in [3.8, 4) is 5.95 Å². The van der Waals surface area contributed by atoms with Crippen molar-refractivity contribution in [2.45, 2.75) is 6.92 Å². The van der Waals surface area contributed by atoms with E-state index in [0.717, 1.165) is 0 Å². The number of hydrogen-bond donors (Lipinski definition) is 0. The van der Waals surface area contributed by atoms with Crippen molar-refractivity contribution in [2.24, 2.45) is 0 Å². The average Bonchev–Trinajstić information content (AvgIpc) is 2.53. The first-order valence-electron chi connectivity index (χ1n) is 3.64. The van der Waals surface area contributed by atoms with Crippen LogP contribution in [0.1, 0.15) is 5.82 Å². The summed E-state index contributed by atoms with van der Waals surface area (Å²) < 4.78 is 1.53. The van der Waals surface area contributed by atoms with Gasteiger partial charge >= 0.3 is 0 Å². The van der Waals surface area contributed by atoms with E-state index in [-0.39, 0.29) is 5.28 Å². The fraction of sp³-hybridized carbons (Fsp3) is 0.143. The van der Waals surface area contributed by atoms with Crippen molar-refractivity contribution in [3.63, 3.8) is 0 Å². The van der Waals surface area contributed by atoms with Crippen LogP contribution in [0.25, 0.3) is 5.95 Å². The summed E-state index contributed by atoms with van der Waals surface area (Å²) in [6.45, 7) is 1.75. The van der Waals surface area contributed by atoms with Crippen molar-refractivity contribution in [3.05, 3.63) is 29.6 Å². The summed E-state index contributed by atoms with van der Waals surface area (Å²) in [5.74, 6) is 1.01. The topological polar surface area (TPSA) is 56.5 Å². The normalized spacial score (nSPS) is 10.3. The second-order valence-corrected chi connectivity index (χ2v) is 2.74. The van der Waals surface area contributed by atoms with Crippen LogP contribution in [0.5, 0.6) is 0 Å². The molecular weight excluding hydrogens is 190 g/mol. The van der Waals surface area contributed by atoms with Crippen LogP contribution in [0, 0.1) is 6.92 Å². The van der Waals surface area contributed by atoms with Gasteiger partial charge in [0.2, 0.25) is 5.28 Å². The van der Waals surface area contributed by atoms with E-state index in [4.69, 9.17) is 11.6 Å². The van der Waals surface area contributed by atoms with E-state index in [2.05, 4.69) is 20.1 Å². The molecule has 66 valence electrons. The zero-order chi connectivity index (χ0) is 9.26. The van der Waals surface area contributed by atoms with Gasteiger partial charge in [-0.25, -0.2) is 9.67 Å². The number of aryl methyl sites for hydroxylation is 1. The molecule has 0 bridgehead atoms. The zero-order valence-electron chi connectivity index (χ0n) is 6.85. The van der Waals surface area contributed by atoms with Crippen LogP contribution in [-0.2, 0) is 0 Å². The van der Waals surface area contributed by atoms with Crippen molar-refractivity contribution in [1.29, 1.82) is 0 Å². The minimum absolute atomic E-state index is 0.179.